The van der Waals surface area contributed by atoms with Gasteiger partial charge in [0.25, 0.3) is 0 Å². The molecule has 0 spiro atoms. The highest BCUT2D eigenvalue weighted by atomic mass is 16.4. The molecule has 1 N–H and O–H groups in total. The van der Waals surface area contributed by atoms with Gasteiger partial charge in [0, 0.05) is 25.5 Å². The second-order valence-electron chi connectivity index (χ2n) is 4.54. The maximum atomic E-state index is 11.3. The lowest BCUT2D eigenvalue weighted by molar-refractivity contribution is 0.0698. The Morgan fingerprint density at radius 3 is 2.90 bits per heavy atom. The van der Waals surface area contributed by atoms with Gasteiger partial charge in [-0.1, -0.05) is 6.07 Å². The predicted molar refractivity (Wildman–Crippen MR) is 73.5 cm³/mol. The molecule has 0 aliphatic rings. The third-order valence-corrected chi connectivity index (χ3v) is 3.21. The first-order valence-electron chi connectivity index (χ1n) is 6.40. The number of benzene rings is 1. The van der Waals surface area contributed by atoms with E-state index in [0.29, 0.717) is 23.1 Å². The molecule has 3 aromatic rings. The highest BCUT2D eigenvalue weighted by Gasteiger charge is 2.12. The van der Waals surface area contributed by atoms with Gasteiger partial charge in [0.15, 0.2) is 0 Å². The summed E-state index contributed by atoms with van der Waals surface area (Å²) in [6.07, 6.45) is 6.21. The molecule has 3 rings (SSSR count). The van der Waals surface area contributed by atoms with Crippen LogP contribution in [0, 0.1) is 0 Å². The van der Waals surface area contributed by atoms with E-state index in [4.69, 9.17) is 0 Å². The van der Waals surface area contributed by atoms with Gasteiger partial charge in [-0.25, -0.2) is 9.78 Å². The van der Waals surface area contributed by atoms with Crippen molar-refractivity contribution in [1.29, 1.82) is 0 Å². The topological polar surface area (TPSA) is 72.9 Å². The minimum atomic E-state index is -0.926. The Kier molecular flexibility index (Phi) is 3.20. The first-order valence-corrected chi connectivity index (χ1v) is 6.40. The van der Waals surface area contributed by atoms with Crippen molar-refractivity contribution in [2.45, 2.75) is 19.5 Å². The monoisotopic (exact) mass is 270 g/mol. The van der Waals surface area contributed by atoms with Gasteiger partial charge in [0.05, 0.1) is 22.9 Å². The Hall–Kier alpha value is -2.63. The Bertz CT molecular complexity index is 731. The van der Waals surface area contributed by atoms with Gasteiger partial charge in [0.1, 0.15) is 0 Å². The van der Waals surface area contributed by atoms with Gasteiger partial charge in [-0.3, -0.25) is 4.68 Å². The van der Waals surface area contributed by atoms with Crippen LogP contribution in [0.5, 0.6) is 0 Å². The summed E-state index contributed by atoms with van der Waals surface area (Å²) in [5, 5.41) is 13.4. The summed E-state index contributed by atoms with van der Waals surface area (Å²) < 4.78 is 3.75. The number of hydrogen-bond acceptors (Lipinski definition) is 3. The highest BCUT2D eigenvalue weighted by molar-refractivity contribution is 6.01. The van der Waals surface area contributed by atoms with Crippen LogP contribution < -0.4 is 0 Å². The first-order chi connectivity index (χ1) is 9.75. The SMILES string of the molecule is O=C(O)c1cccc2ncn(CCCn3cccn3)c12. The van der Waals surface area contributed by atoms with Crippen LogP contribution in [-0.4, -0.2) is 30.4 Å². The number of hydrogen-bond donors (Lipinski definition) is 1. The molecule has 0 aliphatic heterocycles. The molecule has 0 aliphatic carbocycles. The molecule has 102 valence electrons. The molecule has 6 nitrogen and oxygen atoms in total. The van der Waals surface area contributed by atoms with E-state index in [2.05, 4.69) is 10.1 Å². The third-order valence-electron chi connectivity index (χ3n) is 3.21. The second-order valence-corrected chi connectivity index (χ2v) is 4.54. The van der Waals surface area contributed by atoms with Crippen LogP contribution in [0.3, 0.4) is 0 Å². The number of nitrogens with zero attached hydrogens (tertiary/aromatic N) is 4. The zero-order valence-electron chi connectivity index (χ0n) is 10.8. The van der Waals surface area contributed by atoms with Crippen molar-refractivity contribution >= 4 is 17.0 Å². The van der Waals surface area contributed by atoms with Crippen LogP contribution in [-0.2, 0) is 13.1 Å². The molecule has 0 fully saturated rings. The summed E-state index contributed by atoms with van der Waals surface area (Å²) in [5.74, 6) is -0.926. The lowest BCUT2D eigenvalue weighted by atomic mass is 10.2. The lowest BCUT2D eigenvalue weighted by Crippen LogP contribution is -2.06. The van der Waals surface area contributed by atoms with E-state index in [1.54, 1.807) is 24.7 Å². The van der Waals surface area contributed by atoms with Crippen LogP contribution in [0.4, 0.5) is 0 Å². The zero-order valence-corrected chi connectivity index (χ0v) is 10.8. The van der Waals surface area contributed by atoms with Gasteiger partial charge in [-0.2, -0.15) is 5.10 Å². The Labute approximate surface area is 115 Å². The summed E-state index contributed by atoms with van der Waals surface area (Å²) >= 11 is 0. The summed E-state index contributed by atoms with van der Waals surface area (Å²) in [4.78, 5) is 15.5. The highest BCUT2D eigenvalue weighted by Crippen LogP contribution is 2.18. The quantitative estimate of drug-likeness (QED) is 0.769. The van der Waals surface area contributed by atoms with Crippen molar-refractivity contribution in [2.75, 3.05) is 0 Å². The number of fused-ring (bicyclic) bond motifs is 1. The van der Waals surface area contributed by atoms with Crippen LogP contribution in [0.1, 0.15) is 16.8 Å². The van der Waals surface area contributed by atoms with Crippen molar-refractivity contribution in [3.8, 4) is 0 Å². The van der Waals surface area contributed by atoms with Crippen molar-refractivity contribution in [2.24, 2.45) is 0 Å². The molecule has 0 bridgehead atoms. The normalized spacial score (nSPS) is 11.0. The van der Waals surface area contributed by atoms with Crippen LogP contribution in [0.2, 0.25) is 0 Å². The van der Waals surface area contributed by atoms with Crippen LogP contribution in [0.15, 0.2) is 43.0 Å². The fraction of sp³-hybridized carbons (Fsp3) is 0.214. The van der Waals surface area contributed by atoms with Crippen molar-refractivity contribution < 1.29 is 9.90 Å². The molecule has 0 atom stereocenters. The van der Waals surface area contributed by atoms with Crippen LogP contribution in [0.25, 0.3) is 11.0 Å². The van der Waals surface area contributed by atoms with E-state index < -0.39 is 5.97 Å². The average molecular weight is 270 g/mol. The Balaban J connectivity index is 1.82. The fourth-order valence-corrected chi connectivity index (χ4v) is 2.30. The number of carboxylic acids is 1. The number of aromatic nitrogens is 4. The van der Waals surface area contributed by atoms with Crippen molar-refractivity contribution in [1.82, 2.24) is 19.3 Å². The Morgan fingerprint density at radius 2 is 2.15 bits per heavy atom. The van der Waals surface area contributed by atoms with E-state index in [9.17, 15) is 9.90 Å². The van der Waals surface area contributed by atoms with E-state index in [0.717, 1.165) is 13.0 Å². The molecule has 0 amide bonds. The standard InChI is InChI=1S/C14H14N4O2/c19-14(20)11-4-1-5-12-13(11)17(10-15-12)7-3-9-18-8-2-6-16-18/h1-2,4-6,8,10H,3,7,9H2,(H,19,20). The number of aryl methyl sites for hydroxylation is 2. The average Bonchev–Trinajstić information content (AvgIpc) is 3.08. The molecule has 1 aromatic carbocycles. The van der Waals surface area contributed by atoms with Crippen molar-refractivity contribution in [3.05, 3.63) is 48.5 Å². The number of aromatic carboxylic acids is 1. The Morgan fingerprint density at radius 1 is 1.25 bits per heavy atom. The molecule has 2 aromatic heterocycles. The smallest absolute Gasteiger partial charge is 0.337 e. The molecule has 0 saturated carbocycles. The largest absolute Gasteiger partial charge is 0.478 e. The zero-order chi connectivity index (χ0) is 13.9. The molecule has 0 radical (unpaired) electrons. The number of rotatable bonds is 5. The second kappa shape index (κ2) is 5.16. The molecule has 2 heterocycles. The molecule has 0 unspecified atom stereocenters. The maximum Gasteiger partial charge on any atom is 0.337 e. The summed E-state index contributed by atoms with van der Waals surface area (Å²) in [6.45, 7) is 1.50. The van der Waals surface area contributed by atoms with Gasteiger partial charge in [0.2, 0.25) is 0 Å². The number of para-hydroxylation sites is 1. The first kappa shape index (κ1) is 12.4. The number of imidazole rings is 1. The van der Waals surface area contributed by atoms with E-state index in [1.807, 2.05) is 27.6 Å². The lowest BCUT2D eigenvalue weighted by Gasteiger charge is -2.06. The number of carboxylic acid groups (broad SMARTS) is 1. The van der Waals surface area contributed by atoms with E-state index in [-0.39, 0.29) is 0 Å². The summed E-state index contributed by atoms with van der Waals surface area (Å²) in [6, 6.07) is 7.03. The van der Waals surface area contributed by atoms with Gasteiger partial charge < -0.3 is 9.67 Å². The van der Waals surface area contributed by atoms with Gasteiger partial charge in [-0.15, -0.1) is 0 Å². The van der Waals surface area contributed by atoms with E-state index >= 15 is 0 Å². The van der Waals surface area contributed by atoms with Crippen LogP contribution >= 0.6 is 0 Å². The van der Waals surface area contributed by atoms with Gasteiger partial charge >= 0.3 is 5.97 Å². The fourth-order valence-electron chi connectivity index (χ4n) is 2.30. The number of carbonyl (C=O) groups is 1. The van der Waals surface area contributed by atoms with Gasteiger partial charge in [-0.05, 0) is 24.6 Å². The molecule has 6 heteroatoms. The molecular weight excluding hydrogens is 256 g/mol. The van der Waals surface area contributed by atoms with Crippen molar-refractivity contribution in [3.63, 3.8) is 0 Å². The molecule has 20 heavy (non-hydrogen) atoms. The third kappa shape index (κ3) is 2.27. The van der Waals surface area contributed by atoms with E-state index in [1.165, 1.54) is 0 Å². The molecular formula is C14H14N4O2. The molecule has 0 saturated heterocycles. The summed E-state index contributed by atoms with van der Waals surface area (Å²) in [5.41, 5.74) is 1.68. The maximum absolute atomic E-state index is 11.3. The predicted octanol–water partition coefficient (Wildman–Crippen LogP) is 2.02. The minimum absolute atomic E-state index is 0.291. The minimum Gasteiger partial charge on any atom is -0.478 e. The summed E-state index contributed by atoms with van der Waals surface area (Å²) in [7, 11) is 0.